The molecular weight excluding hydrogens is 507 g/mol. The number of imidazole rings is 1. The molecule has 0 radical (unpaired) electrons. The summed E-state index contributed by atoms with van der Waals surface area (Å²) in [5, 5.41) is 9.94. The second kappa shape index (κ2) is 9.33. The van der Waals surface area contributed by atoms with Crippen molar-refractivity contribution in [2.45, 2.75) is 4.90 Å². The third kappa shape index (κ3) is 4.92. The van der Waals surface area contributed by atoms with Crippen molar-refractivity contribution in [1.82, 2.24) is 9.55 Å². The van der Waals surface area contributed by atoms with Crippen LogP contribution in [-0.2, 0) is 10.0 Å². The van der Waals surface area contributed by atoms with Gasteiger partial charge in [-0.1, -0.05) is 40.9 Å². The van der Waals surface area contributed by atoms with Gasteiger partial charge in [-0.05, 0) is 60.7 Å². The molecule has 4 rings (SSSR count). The summed E-state index contributed by atoms with van der Waals surface area (Å²) < 4.78 is 35.3. The van der Waals surface area contributed by atoms with Crippen LogP contribution in [0.1, 0.15) is 5.56 Å². The molecule has 0 aliphatic carbocycles. The number of hydrogen-bond acceptors (Lipinski definition) is 5. The standard InChI is InChI=1S/C22H13Cl3N4O3S/c23-19-2-1-3-20(18(19)12-26)32-16-8-10-17(11-9-16)33(30,31)28-14-4-6-15(7-5-14)29-13-27-21(24)22(29)25/h1-11,13,28H. The fraction of sp³-hybridized carbons (Fsp3) is 0. The van der Waals surface area contributed by atoms with Gasteiger partial charge in [-0.3, -0.25) is 9.29 Å². The zero-order valence-electron chi connectivity index (χ0n) is 16.5. The lowest BCUT2D eigenvalue weighted by molar-refractivity contribution is 0.480. The molecular formula is C22H13Cl3N4O3S. The van der Waals surface area contributed by atoms with Gasteiger partial charge < -0.3 is 4.74 Å². The fourth-order valence-electron chi connectivity index (χ4n) is 2.91. The van der Waals surface area contributed by atoms with Gasteiger partial charge in [-0.15, -0.1) is 0 Å². The summed E-state index contributed by atoms with van der Waals surface area (Å²) in [5.74, 6) is 0.631. The number of nitrogens with one attached hydrogen (secondary N) is 1. The van der Waals surface area contributed by atoms with Gasteiger partial charge in [0.25, 0.3) is 10.0 Å². The Labute approximate surface area is 204 Å². The number of hydrogen-bond donors (Lipinski definition) is 1. The molecule has 0 aliphatic rings. The van der Waals surface area contributed by atoms with Crippen LogP contribution in [0, 0.1) is 11.3 Å². The fourth-order valence-corrected chi connectivity index (χ4v) is 4.50. The van der Waals surface area contributed by atoms with Crippen molar-refractivity contribution in [3.63, 3.8) is 0 Å². The summed E-state index contributed by atoms with van der Waals surface area (Å²) in [5.41, 5.74) is 1.22. The lowest BCUT2D eigenvalue weighted by Gasteiger charge is -2.11. The quantitative estimate of drug-likeness (QED) is 0.322. The van der Waals surface area contributed by atoms with E-state index >= 15 is 0 Å². The van der Waals surface area contributed by atoms with Crippen molar-refractivity contribution < 1.29 is 13.2 Å². The number of halogens is 3. The third-order valence-corrected chi connectivity index (χ3v) is 6.96. The van der Waals surface area contributed by atoms with E-state index in [4.69, 9.17) is 39.5 Å². The predicted molar refractivity (Wildman–Crippen MR) is 127 cm³/mol. The Bertz CT molecular complexity index is 1460. The Morgan fingerprint density at radius 2 is 1.67 bits per heavy atom. The average molecular weight is 520 g/mol. The van der Waals surface area contributed by atoms with E-state index < -0.39 is 10.0 Å². The van der Waals surface area contributed by atoms with Crippen LogP contribution in [0.3, 0.4) is 0 Å². The van der Waals surface area contributed by atoms with Crippen molar-refractivity contribution in [3.8, 4) is 23.3 Å². The Morgan fingerprint density at radius 3 is 2.27 bits per heavy atom. The predicted octanol–water partition coefficient (Wildman–Crippen LogP) is 6.30. The first kappa shape index (κ1) is 23.0. The summed E-state index contributed by atoms with van der Waals surface area (Å²) in [6, 6.07) is 19.1. The molecule has 1 aromatic heterocycles. The summed E-state index contributed by atoms with van der Waals surface area (Å²) >= 11 is 17.9. The number of nitrogens with zero attached hydrogens (tertiary/aromatic N) is 3. The van der Waals surface area contributed by atoms with Crippen LogP contribution in [0.25, 0.3) is 5.69 Å². The normalized spacial score (nSPS) is 11.1. The van der Waals surface area contributed by atoms with Crippen LogP contribution in [0.15, 0.2) is 78.0 Å². The first-order valence-corrected chi connectivity index (χ1v) is 11.9. The largest absolute Gasteiger partial charge is 0.456 e. The number of ether oxygens (including phenoxy) is 1. The number of sulfonamides is 1. The molecule has 0 fully saturated rings. The molecule has 11 heteroatoms. The molecule has 3 aromatic carbocycles. The van der Waals surface area contributed by atoms with E-state index in [2.05, 4.69) is 9.71 Å². The summed E-state index contributed by atoms with van der Waals surface area (Å²) in [6.07, 6.45) is 1.47. The maximum Gasteiger partial charge on any atom is 0.261 e. The topological polar surface area (TPSA) is 97.0 Å². The Balaban J connectivity index is 1.49. The minimum absolute atomic E-state index is 0.0370. The molecule has 4 aromatic rings. The summed E-state index contributed by atoms with van der Waals surface area (Å²) in [6.45, 7) is 0. The minimum atomic E-state index is -3.85. The maximum absolute atomic E-state index is 12.8. The van der Waals surface area contributed by atoms with Gasteiger partial charge in [0.1, 0.15) is 29.5 Å². The lowest BCUT2D eigenvalue weighted by Crippen LogP contribution is -2.12. The highest BCUT2D eigenvalue weighted by Gasteiger charge is 2.16. The zero-order chi connectivity index (χ0) is 23.6. The van der Waals surface area contributed by atoms with Gasteiger partial charge in [0.15, 0.2) is 10.3 Å². The van der Waals surface area contributed by atoms with E-state index in [1.165, 1.54) is 30.6 Å². The summed E-state index contributed by atoms with van der Waals surface area (Å²) in [7, 11) is -3.85. The molecule has 1 N–H and O–H groups in total. The number of benzene rings is 3. The second-order valence-corrected chi connectivity index (χ2v) is 9.45. The number of rotatable bonds is 6. The second-order valence-electron chi connectivity index (χ2n) is 6.65. The van der Waals surface area contributed by atoms with Gasteiger partial charge in [-0.2, -0.15) is 5.26 Å². The molecule has 0 atom stereocenters. The molecule has 0 unspecified atom stereocenters. The van der Waals surface area contributed by atoms with Crippen molar-refractivity contribution >= 4 is 50.5 Å². The maximum atomic E-state index is 12.8. The first-order valence-electron chi connectivity index (χ1n) is 9.26. The molecule has 0 aliphatic heterocycles. The van der Waals surface area contributed by atoms with Crippen LogP contribution in [0.2, 0.25) is 15.3 Å². The molecule has 0 bridgehead atoms. The SMILES string of the molecule is N#Cc1c(Cl)cccc1Oc1ccc(S(=O)(=O)Nc2ccc(-n3cnc(Cl)c3Cl)cc2)cc1. The van der Waals surface area contributed by atoms with E-state index in [0.29, 0.717) is 17.1 Å². The molecule has 0 saturated heterocycles. The highest BCUT2D eigenvalue weighted by atomic mass is 35.5. The zero-order valence-corrected chi connectivity index (χ0v) is 19.6. The molecule has 166 valence electrons. The Hall–Kier alpha value is -3.22. The van der Waals surface area contributed by atoms with Crippen LogP contribution >= 0.6 is 34.8 Å². The highest BCUT2D eigenvalue weighted by molar-refractivity contribution is 7.92. The molecule has 1 heterocycles. The first-order chi connectivity index (χ1) is 15.8. The van der Waals surface area contributed by atoms with Crippen LogP contribution in [0.4, 0.5) is 5.69 Å². The van der Waals surface area contributed by atoms with Crippen LogP contribution in [-0.4, -0.2) is 18.0 Å². The summed E-state index contributed by atoms with van der Waals surface area (Å²) in [4.78, 5) is 3.95. The molecule has 7 nitrogen and oxygen atoms in total. The van der Waals surface area contributed by atoms with E-state index in [-0.39, 0.29) is 31.5 Å². The van der Waals surface area contributed by atoms with Gasteiger partial charge in [0, 0.05) is 11.4 Å². The third-order valence-electron chi connectivity index (χ3n) is 4.51. The van der Waals surface area contributed by atoms with Crippen molar-refractivity contribution in [1.29, 1.82) is 5.26 Å². The van der Waals surface area contributed by atoms with Gasteiger partial charge in [-0.25, -0.2) is 13.4 Å². The Kier molecular flexibility index (Phi) is 6.49. The molecule has 33 heavy (non-hydrogen) atoms. The molecule has 0 amide bonds. The average Bonchev–Trinajstić information content (AvgIpc) is 3.13. The number of nitriles is 1. The smallest absolute Gasteiger partial charge is 0.261 e. The van der Waals surface area contributed by atoms with E-state index in [0.717, 1.165) is 0 Å². The van der Waals surface area contributed by atoms with Gasteiger partial charge in [0.05, 0.1) is 9.92 Å². The van der Waals surface area contributed by atoms with E-state index in [1.54, 1.807) is 47.0 Å². The van der Waals surface area contributed by atoms with Crippen molar-refractivity contribution in [2.24, 2.45) is 0 Å². The highest BCUT2D eigenvalue weighted by Crippen LogP contribution is 2.30. The van der Waals surface area contributed by atoms with E-state index in [9.17, 15) is 13.7 Å². The minimum Gasteiger partial charge on any atom is -0.456 e. The van der Waals surface area contributed by atoms with Gasteiger partial charge in [0.2, 0.25) is 0 Å². The lowest BCUT2D eigenvalue weighted by atomic mass is 10.2. The van der Waals surface area contributed by atoms with Crippen molar-refractivity contribution in [3.05, 3.63) is 93.9 Å². The monoisotopic (exact) mass is 518 g/mol. The van der Waals surface area contributed by atoms with Crippen LogP contribution in [0.5, 0.6) is 11.5 Å². The van der Waals surface area contributed by atoms with Crippen LogP contribution < -0.4 is 9.46 Å². The number of aromatic nitrogens is 2. The molecule has 0 saturated carbocycles. The van der Waals surface area contributed by atoms with Gasteiger partial charge >= 0.3 is 0 Å². The van der Waals surface area contributed by atoms with Crippen molar-refractivity contribution in [2.75, 3.05) is 4.72 Å². The molecule has 0 spiro atoms. The number of anilines is 1. The Morgan fingerprint density at radius 1 is 0.970 bits per heavy atom. The van der Waals surface area contributed by atoms with E-state index in [1.807, 2.05) is 6.07 Å².